The molecule has 0 spiro atoms. The van der Waals surface area contributed by atoms with Gasteiger partial charge in [0.25, 0.3) is 5.78 Å². The van der Waals surface area contributed by atoms with E-state index in [1.54, 1.807) is 30.3 Å². The van der Waals surface area contributed by atoms with Gasteiger partial charge in [0.1, 0.15) is 23.4 Å². The molecule has 3 heterocycles. The molecule has 1 saturated heterocycles. The number of thiazole rings is 1. The summed E-state index contributed by atoms with van der Waals surface area (Å²) in [6.45, 7) is 8.97. The van der Waals surface area contributed by atoms with Gasteiger partial charge in [0.2, 0.25) is 0 Å². The van der Waals surface area contributed by atoms with E-state index in [2.05, 4.69) is 0 Å². The maximum Gasteiger partial charge on any atom is 0.301 e. The van der Waals surface area contributed by atoms with Crippen LogP contribution in [-0.4, -0.2) is 47.7 Å². The molecule has 0 saturated carbocycles. The minimum absolute atomic E-state index is 0.0149. The minimum Gasteiger partial charge on any atom is -0.507 e. The number of aliphatic hydroxyl groups is 1. The highest BCUT2D eigenvalue weighted by atomic mass is 32.1. The Labute approximate surface area is 253 Å². The molecule has 43 heavy (non-hydrogen) atoms. The summed E-state index contributed by atoms with van der Waals surface area (Å²) < 4.78 is 23.9. The molecule has 0 radical (unpaired) electrons. The van der Waals surface area contributed by atoms with Crippen LogP contribution in [0.2, 0.25) is 0 Å². The summed E-state index contributed by atoms with van der Waals surface area (Å²) in [4.78, 5) is 33.7. The summed E-state index contributed by atoms with van der Waals surface area (Å²) in [5.41, 5.74) is 2.57. The number of hydrogen-bond acceptors (Lipinski definition) is 9. The molecule has 4 aromatic rings. The summed E-state index contributed by atoms with van der Waals surface area (Å²) in [6.07, 6.45) is 0.696. The van der Waals surface area contributed by atoms with Crippen LogP contribution in [0.15, 0.2) is 60.2 Å². The number of nitrogens with zero attached hydrogens (tertiary/aromatic N) is 2. The summed E-state index contributed by atoms with van der Waals surface area (Å²) in [5.74, 6) is 0.610. The molecule has 0 unspecified atom stereocenters. The predicted molar refractivity (Wildman–Crippen MR) is 165 cm³/mol. The fourth-order valence-electron chi connectivity index (χ4n) is 5.56. The normalized spacial score (nSPS) is 19.0. The standard InChI is InChI=1S/C33H32N2O7S/c1-5-39-22-10-11-23-27(17-22)43-33(34-23)35-29(19-8-13-25(40-6-2)26(16-19)41-7-3)28(31(37)32(35)38)30(36)20-9-12-24-21(15-20)14-18(4)42-24/h8-13,15-18,29,36H,5-7,14H2,1-4H3/t18-,29+/m0/s1. The Morgan fingerprint density at radius 3 is 2.51 bits per heavy atom. The van der Waals surface area contributed by atoms with Crippen LogP contribution in [0.5, 0.6) is 23.0 Å². The number of carbonyl (C=O) groups excluding carboxylic acids is 2. The largest absolute Gasteiger partial charge is 0.507 e. The topological polar surface area (TPSA) is 107 Å². The van der Waals surface area contributed by atoms with Gasteiger partial charge in [-0.15, -0.1) is 0 Å². The number of carbonyl (C=O) groups is 2. The van der Waals surface area contributed by atoms with Gasteiger partial charge in [-0.25, -0.2) is 4.98 Å². The molecule has 2 aliphatic rings. The summed E-state index contributed by atoms with van der Waals surface area (Å²) in [7, 11) is 0. The van der Waals surface area contributed by atoms with Gasteiger partial charge in [-0.1, -0.05) is 17.4 Å². The molecule has 1 amide bonds. The summed E-state index contributed by atoms with van der Waals surface area (Å²) in [5, 5.41) is 12.0. The fourth-order valence-corrected chi connectivity index (χ4v) is 6.58. The molecule has 2 aliphatic heterocycles. The average molecular weight is 601 g/mol. The lowest BCUT2D eigenvalue weighted by atomic mass is 9.94. The average Bonchev–Trinajstić information content (AvgIpc) is 3.66. The van der Waals surface area contributed by atoms with Crippen LogP contribution in [-0.2, 0) is 16.0 Å². The predicted octanol–water partition coefficient (Wildman–Crippen LogP) is 6.44. The van der Waals surface area contributed by atoms with Crippen molar-refractivity contribution >= 4 is 44.1 Å². The Bertz CT molecular complexity index is 1760. The summed E-state index contributed by atoms with van der Waals surface area (Å²) >= 11 is 1.28. The molecule has 0 bridgehead atoms. The number of hydrogen-bond donors (Lipinski definition) is 1. The third kappa shape index (κ3) is 5.16. The van der Waals surface area contributed by atoms with E-state index in [-0.39, 0.29) is 17.4 Å². The molecule has 6 rings (SSSR count). The molecule has 1 fully saturated rings. The van der Waals surface area contributed by atoms with E-state index in [0.29, 0.717) is 65.3 Å². The summed E-state index contributed by atoms with van der Waals surface area (Å²) in [6, 6.07) is 15.1. The van der Waals surface area contributed by atoms with Gasteiger partial charge in [0.05, 0.1) is 41.7 Å². The number of aliphatic hydroxyl groups excluding tert-OH is 1. The number of rotatable bonds is 9. The van der Waals surface area contributed by atoms with Crippen LogP contribution in [0.4, 0.5) is 5.13 Å². The SMILES string of the molecule is CCOc1ccc2nc(N3C(=O)C(=O)C(=C(O)c4ccc5c(c4)C[C@H](C)O5)[C@H]3c3ccc(OCC)c(OCC)c3)sc2c1. The van der Waals surface area contributed by atoms with Crippen LogP contribution in [0, 0.1) is 0 Å². The number of anilines is 1. The number of aromatic nitrogens is 1. The van der Waals surface area contributed by atoms with E-state index in [1.165, 1.54) is 16.2 Å². The molecular formula is C33H32N2O7S. The first kappa shape index (κ1) is 28.5. The quantitative estimate of drug-likeness (QED) is 0.133. The van der Waals surface area contributed by atoms with Gasteiger partial charge >= 0.3 is 5.91 Å². The van der Waals surface area contributed by atoms with Crippen molar-refractivity contribution in [1.82, 2.24) is 4.98 Å². The molecule has 222 valence electrons. The van der Waals surface area contributed by atoms with E-state index in [4.69, 9.17) is 23.9 Å². The van der Waals surface area contributed by atoms with E-state index >= 15 is 0 Å². The third-order valence-electron chi connectivity index (χ3n) is 7.36. The zero-order valence-electron chi connectivity index (χ0n) is 24.4. The van der Waals surface area contributed by atoms with Crippen LogP contribution >= 0.6 is 11.3 Å². The van der Waals surface area contributed by atoms with Crippen molar-refractivity contribution in [2.75, 3.05) is 24.7 Å². The van der Waals surface area contributed by atoms with Crippen molar-refractivity contribution in [2.24, 2.45) is 0 Å². The number of Topliss-reactive ketones (excluding diaryl/α,β-unsaturated/α-hetero) is 1. The first-order chi connectivity index (χ1) is 20.8. The second-order valence-corrected chi connectivity index (χ2v) is 11.3. The Kier molecular flexibility index (Phi) is 7.70. The van der Waals surface area contributed by atoms with Crippen molar-refractivity contribution in [3.05, 3.63) is 76.9 Å². The molecule has 10 heteroatoms. The minimum atomic E-state index is -0.967. The number of fused-ring (bicyclic) bond motifs is 2. The highest BCUT2D eigenvalue weighted by Gasteiger charge is 2.48. The van der Waals surface area contributed by atoms with E-state index in [1.807, 2.05) is 52.0 Å². The van der Waals surface area contributed by atoms with Gasteiger partial charge in [0, 0.05) is 12.0 Å². The second kappa shape index (κ2) is 11.6. The third-order valence-corrected chi connectivity index (χ3v) is 8.38. The van der Waals surface area contributed by atoms with Crippen LogP contribution in [0.25, 0.3) is 16.0 Å². The van der Waals surface area contributed by atoms with Crippen molar-refractivity contribution in [2.45, 2.75) is 46.3 Å². The second-order valence-electron chi connectivity index (χ2n) is 10.3. The molecule has 2 atom stereocenters. The van der Waals surface area contributed by atoms with Crippen molar-refractivity contribution in [1.29, 1.82) is 0 Å². The van der Waals surface area contributed by atoms with Crippen LogP contribution in [0.1, 0.15) is 50.4 Å². The van der Waals surface area contributed by atoms with Crippen molar-refractivity contribution in [3.63, 3.8) is 0 Å². The molecule has 1 N–H and O–H groups in total. The van der Waals surface area contributed by atoms with Gasteiger partial charge in [-0.2, -0.15) is 0 Å². The van der Waals surface area contributed by atoms with Crippen molar-refractivity contribution in [3.8, 4) is 23.0 Å². The first-order valence-corrected chi connectivity index (χ1v) is 15.2. The zero-order valence-corrected chi connectivity index (χ0v) is 25.2. The van der Waals surface area contributed by atoms with Crippen LogP contribution < -0.4 is 23.8 Å². The monoisotopic (exact) mass is 600 g/mol. The van der Waals surface area contributed by atoms with Gasteiger partial charge in [-0.05, 0) is 87.4 Å². The highest BCUT2D eigenvalue weighted by Crippen LogP contribution is 2.46. The highest BCUT2D eigenvalue weighted by molar-refractivity contribution is 7.22. The first-order valence-electron chi connectivity index (χ1n) is 14.4. The Morgan fingerprint density at radius 2 is 1.74 bits per heavy atom. The van der Waals surface area contributed by atoms with Gasteiger partial charge in [-0.3, -0.25) is 14.5 Å². The van der Waals surface area contributed by atoms with E-state index < -0.39 is 17.7 Å². The Hall–Kier alpha value is -4.57. The number of ether oxygens (including phenoxy) is 4. The maximum atomic E-state index is 13.8. The van der Waals surface area contributed by atoms with Gasteiger partial charge < -0.3 is 24.1 Å². The lowest BCUT2D eigenvalue weighted by Gasteiger charge is -2.24. The number of benzene rings is 3. The van der Waals surface area contributed by atoms with E-state index in [0.717, 1.165) is 16.0 Å². The molecular weight excluding hydrogens is 568 g/mol. The molecule has 9 nitrogen and oxygen atoms in total. The number of amides is 1. The van der Waals surface area contributed by atoms with Gasteiger partial charge in [0.15, 0.2) is 16.6 Å². The number of ketones is 1. The van der Waals surface area contributed by atoms with E-state index in [9.17, 15) is 14.7 Å². The lowest BCUT2D eigenvalue weighted by molar-refractivity contribution is -0.132. The zero-order chi connectivity index (χ0) is 30.2. The smallest absolute Gasteiger partial charge is 0.301 e. The maximum absolute atomic E-state index is 13.8. The Morgan fingerprint density at radius 1 is 0.977 bits per heavy atom. The molecule has 1 aromatic heterocycles. The fraction of sp³-hybridized carbons (Fsp3) is 0.303. The van der Waals surface area contributed by atoms with Crippen molar-refractivity contribution < 1.29 is 33.6 Å². The molecule has 3 aromatic carbocycles. The molecule has 0 aliphatic carbocycles. The van der Waals surface area contributed by atoms with Crippen LogP contribution in [0.3, 0.4) is 0 Å². The lowest BCUT2D eigenvalue weighted by Crippen LogP contribution is -2.29. The Balaban J connectivity index is 1.53.